The van der Waals surface area contributed by atoms with Crippen molar-refractivity contribution in [1.29, 1.82) is 0 Å². The molecule has 0 saturated carbocycles. The Morgan fingerprint density at radius 2 is 1.97 bits per heavy atom. The van der Waals surface area contributed by atoms with Crippen molar-refractivity contribution >= 4 is 5.57 Å². The van der Waals surface area contributed by atoms with Gasteiger partial charge < -0.3 is 18.8 Å². The Hall–Kier alpha value is -4.00. The summed E-state index contributed by atoms with van der Waals surface area (Å²) in [6.07, 6.45) is 4.72. The van der Waals surface area contributed by atoms with Crippen molar-refractivity contribution in [3.63, 3.8) is 0 Å². The molecule has 0 amide bonds. The summed E-state index contributed by atoms with van der Waals surface area (Å²) in [5.41, 5.74) is 5.97. The van der Waals surface area contributed by atoms with Gasteiger partial charge in [-0.2, -0.15) is 5.16 Å². The standard InChI is InChI=1S/C27H26N2O5/c1-16-9-11-18(12-10-16)26-28-23(17(2)33-26)13-14-32-24-8-4-6-20-19(5-3-7-21(20)24)15-22-25(30)29-34-27(22)31/h4-6,8-12,31H,3,7,13-15H2,1-2H3,(H,29,30). The number of hydrogen-bond donors (Lipinski definition) is 2. The first kappa shape index (κ1) is 21.8. The van der Waals surface area contributed by atoms with E-state index in [0.717, 1.165) is 52.3 Å². The minimum Gasteiger partial charge on any atom is -0.493 e. The lowest BCUT2D eigenvalue weighted by molar-refractivity contribution is 0.274. The summed E-state index contributed by atoms with van der Waals surface area (Å²) in [6, 6.07) is 14.1. The summed E-state index contributed by atoms with van der Waals surface area (Å²) in [6.45, 7) is 4.45. The van der Waals surface area contributed by atoms with Gasteiger partial charge in [0.1, 0.15) is 17.1 Å². The summed E-state index contributed by atoms with van der Waals surface area (Å²) in [5.74, 6) is 1.88. The highest BCUT2D eigenvalue weighted by molar-refractivity contribution is 5.74. The Kier molecular flexibility index (Phi) is 5.84. The molecule has 7 nitrogen and oxygen atoms in total. The number of allylic oxidation sites excluding steroid dienone is 2. The van der Waals surface area contributed by atoms with Gasteiger partial charge in [0, 0.05) is 24.0 Å². The predicted octanol–water partition coefficient (Wildman–Crippen LogP) is 5.14. The lowest BCUT2D eigenvalue weighted by Gasteiger charge is -2.20. The molecule has 174 valence electrons. The number of aromatic nitrogens is 2. The number of hydrogen-bond acceptors (Lipinski definition) is 6. The molecule has 0 unspecified atom stereocenters. The lowest BCUT2D eigenvalue weighted by atomic mass is 9.87. The van der Waals surface area contributed by atoms with Crippen molar-refractivity contribution in [3.8, 4) is 23.1 Å². The van der Waals surface area contributed by atoms with Crippen LogP contribution in [0.25, 0.3) is 17.0 Å². The maximum atomic E-state index is 11.9. The number of H-pyrrole nitrogens is 1. The maximum Gasteiger partial charge on any atom is 0.313 e. The number of nitrogens with one attached hydrogen (secondary N) is 1. The molecule has 2 aromatic carbocycles. The number of oxazole rings is 1. The van der Waals surface area contributed by atoms with Gasteiger partial charge in [-0.05, 0) is 56.0 Å². The van der Waals surface area contributed by atoms with E-state index in [0.29, 0.717) is 25.3 Å². The van der Waals surface area contributed by atoms with Crippen LogP contribution in [0.5, 0.6) is 11.7 Å². The topological polar surface area (TPSA) is 101 Å². The fourth-order valence-corrected chi connectivity index (χ4v) is 4.33. The highest BCUT2D eigenvalue weighted by atomic mass is 16.6. The van der Waals surface area contributed by atoms with Crippen LogP contribution in [-0.2, 0) is 19.3 Å². The second-order valence-electron chi connectivity index (χ2n) is 8.53. The summed E-state index contributed by atoms with van der Waals surface area (Å²) in [5, 5.41) is 12.0. The van der Waals surface area contributed by atoms with Crippen molar-refractivity contribution in [3.05, 3.63) is 92.6 Å². The van der Waals surface area contributed by atoms with Gasteiger partial charge in [-0.25, -0.2) is 4.98 Å². The SMILES string of the molecule is Cc1ccc(-c2nc(CCOc3cccc4c3CCC=C4Cc3c(O)o[nH]c3=O)c(C)o2)cc1. The van der Waals surface area contributed by atoms with Gasteiger partial charge in [0.15, 0.2) is 0 Å². The van der Waals surface area contributed by atoms with Crippen LogP contribution >= 0.6 is 0 Å². The highest BCUT2D eigenvalue weighted by Crippen LogP contribution is 2.35. The molecule has 0 bridgehead atoms. The van der Waals surface area contributed by atoms with Crippen LogP contribution in [0.4, 0.5) is 0 Å². The van der Waals surface area contributed by atoms with E-state index in [1.165, 1.54) is 5.56 Å². The second-order valence-corrected chi connectivity index (χ2v) is 8.53. The van der Waals surface area contributed by atoms with E-state index in [9.17, 15) is 9.90 Å². The number of nitrogens with zero attached hydrogens (tertiary/aromatic N) is 1. The number of benzene rings is 2. The Bertz CT molecular complexity index is 1410. The molecule has 7 heteroatoms. The van der Waals surface area contributed by atoms with Gasteiger partial charge in [-0.1, -0.05) is 35.9 Å². The van der Waals surface area contributed by atoms with E-state index in [-0.39, 0.29) is 11.5 Å². The average molecular weight is 459 g/mol. The average Bonchev–Trinajstić information content (AvgIpc) is 3.36. The minimum absolute atomic E-state index is 0.233. The molecule has 2 heterocycles. The molecule has 1 aliphatic rings. The van der Waals surface area contributed by atoms with Crippen LogP contribution in [0, 0.1) is 13.8 Å². The Labute approximate surface area is 196 Å². The molecule has 1 aliphatic carbocycles. The summed E-state index contributed by atoms with van der Waals surface area (Å²) in [7, 11) is 0. The Balaban J connectivity index is 1.29. The molecule has 0 fully saturated rings. The van der Waals surface area contributed by atoms with Gasteiger partial charge in [0.25, 0.3) is 5.56 Å². The summed E-state index contributed by atoms with van der Waals surface area (Å²) < 4.78 is 16.8. The van der Waals surface area contributed by atoms with E-state index < -0.39 is 5.56 Å². The smallest absolute Gasteiger partial charge is 0.313 e. The molecule has 5 rings (SSSR count). The monoisotopic (exact) mass is 458 g/mol. The molecule has 0 aliphatic heterocycles. The number of aryl methyl sites for hydroxylation is 2. The second kappa shape index (κ2) is 9.09. The summed E-state index contributed by atoms with van der Waals surface area (Å²) in [4.78, 5) is 16.6. The number of fused-ring (bicyclic) bond motifs is 1. The van der Waals surface area contributed by atoms with Gasteiger partial charge in [0.05, 0.1) is 12.3 Å². The molecule has 2 aromatic heterocycles. The van der Waals surface area contributed by atoms with Gasteiger partial charge in [-0.15, -0.1) is 0 Å². The van der Waals surface area contributed by atoms with Crippen LogP contribution in [0.2, 0.25) is 0 Å². The van der Waals surface area contributed by atoms with Crippen molar-refractivity contribution in [2.45, 2.75) is 39.5 Å². The minimum atomic E-state index is -0.411. The van der Waals surface area contributed by atoms with Crippen molar-refractivity contribution in [1.82, 2.24) is 10.1 Å². The molecule has 0 spiro atoms. The van der Waals surface area contributed by atoms with Crippen LogP contribution in [0.15, 0.2) is 62.3 Å². The quantitative estimate of drug-likeness (QED) is 0.398. The summed E-state index contributed by atoms with van der Waals surface area (Å²) >= 11 is 0. The van der Waals surface area contributed by atoms with Crippen LogP contribution in [0.1, 0.15) is 40.1 Å². The van der Waals surface area contributed by atoms with E-state index in [4.69, 9.17) is 13.7 Å². The number of aromatic amines is 1. The molecule has 4 aromatic rings. The fraction of sp³-hybridized carbons (Fsp3) is 0.259. The highest BCUT2D eigenvalue weighted by Gasteiger charge is 2.21. The molecular formula is C27H26N2O5. The van der Waals surface area contributed by atoms with Crippen LogP contribution in [0.3, 0.4) is 0 Å². The third-order valence-corrected chi connectivity index (χ3v) is 6.19. The first-order chi connectivity index (χ1) is 16.5. The zero-order chi connectivity index (χ0) is 23.7. The number of rotatable bonds is 7. The maximum absolute atomic E-state index is 11.9. The first-order valence-corrected chi connectivity index (χ1v) is 11.4. The molecule has 0 atom stereocenters. The number of ether oxygens (including phenoxy) is 1. The predicted molar refractivity (Wildman–Crippen MR) is 128 cm³/mol. The van der Waals surface area contributed by atoms with E-state index >= 15 is 0 Å². The Morgan fingerprint density at radius 3 is 2.74 bits per heavy atom. The largest absolute Gasteiger partial charge is 0.493 e. The van der Waals surface area contributed by atoms with Gasteiger partial charge in [0.2, 0.25) is 5.89 Å². The van der Waals surface area contributed by atoms with E-state index in [1.54, 1.807) is 0 Å². The molecule has 2 N–H and O–H groups in total. The zero-order valence-corrected chi connectivity index (χ0v) is 19.2. The van der Waals surface area contributed by atoms with Crippen molar-refractivity contribution < 1.29 is 18.8 Å². The third kappa shape index (κ3) is 4.29. The fourth-order valence-electron chi connectivity index (χ4n) is 4.33. The number of aromatic hydroxyl groups is 1. The van der Waals surface area contributed by atoms with Crippen molar-refractivity contribution in [2.75, 3.05) is 6.61 Å². The lowest BCUT2D eigenvalue weighted by Crippen LogP contribution is -2.11. The zero-order valence-electron chi connectivity index (χ0n) is 19.2. The Morgan fingerprint density at radius 1 is 1.15 bits per heavy atom. The normalized spacial score (nSPS) is 12.9. The molecule has 0 saturated heterocycles. The van der Waals surface area contributed by atoms with E-state index in [2.05, 4.69) is 23.1 Å². The first-order valence-electron chi connectivity index (χ1n) is 11.4. The van der Waals surface area contributed by atoms with E-state index in [1.807, 2.05) is 49.4 Å². The van der Waals surface area contributed by atoms with Crippen molar-refractivity contribution in [2.24, 2.45) is 0 Å². The van der Waals surface area contributed by atoms with Crippen LogP contribution in [-0.4, -0.2) is 21.9 Å². The van der Waals surface area contributed by atoms with Crippen LogP contribution < -0.4 is 10.3 Å². The van der Waals surface area contributed by atoms with Gasteiger partial charge in [-0.3, -0.25) is 4.79 Å². The third-order valence-electron chi connectivity index (χ3n) is 6.19. The molecule has 0 radical (unpaired) electrons. The molecular weight excluding hydrogens is 432 g/mol. The van der Waals surface area contributed by atoms with Gasteiger partial charge >= 0.3 is 5.95 Å². The molecule has 34 heavy (non-hydrogen) atoms.